The van der Waals surface area contributed by atoms with Crippen LogP contribution in [0.2, 0.25) is 5.02 Å². The fraction of sp³-hybridized carbons (Fsp3) is 0.273. The summed E-state index contributed by atoms with van der Waals surface area (Å²) in [7, 11) is 0. The lowest BCUT2D eigenvalue weighted by Gasteiger charge is -2.11. The van der Waals surface area contributed by atoms with Gasteiger partial charge in [-0.3, -0.25) is 9.59 Å². The normalized spacial score (nSPS) is 11.0. The predicted octanol–water partition coefficient (Wildman–Crippen LogP) is 5.05. The lowest BCUT2D eigenvalue weighted by Crippen LogP contribution is -2.13. The van der Waals surface area contributed by atoms with Gasteiger partial charge in [0.2, 0.25) is 0 Å². The van der Waals surface area contributed by atoms with Crippen LogP contribution in [0, 0.1) is 0 Å². The fourth-order valence-corrected chi connectivity index (χ4v) is 3.23. The first-order valence-electron chi connectivity index (χ1n) is 9.43. The Balaban J connectivity index is 1.66. The number of carbonyl (C=O) groups excluding carboxylic acids is 2. The van der Waals surface area contributed by atoms with Crippen LogP contribution in [0.5, 0.6) is 5.75 Å². The van der Waals surface area contributed by atoms with Crippen molar-refractivity contribution >= 4 is 40.1 Å². The summed E-state index contributed by atoms with van der Waals surface area (Å²) in [4.78, 5) is 27.3. The number of carbonyl (C=O) groups is 2. The molecule has 0 unspecified atom stereocenters. The van der Waals surface area contributed by atoms with Crippen molar-refractivity contribution in [3.8, 4) is 5.75 Å². The fourth-order valence-electron chi connectivity index (χ4n) is 3.05. The van der Waals surface area contributed by atoms with Crippen molar-refractivity contribution in [2.24, 2.45) is 0 Å². The average molecular weight is 415 g/mol. The maximum atomic E-state index is 12.6. The molecule has 7 heteroatoms. The van der Waals surface area contributed by atoms with Gasteiger partial charge >= 0.3 is 5.97 Å². The van der Waals surface area contributed by atoms with Crippen LogP contribution in [-0.4, -0.2) is 28.1 Å². The number of hydrogen-bond acceptors (Lipinski definition) is 4. The molecule has 2 aromatic carbocycles. The van der Waals surface area contributed by atoms with Crippen LogP contribution in [0.1, 0.15) is 42.7 Å². The number of halogens is 1. The Morgan fingerprint density at radius 2 is 2.00 bits per heavy atom. The molecule has 0 aliphatic carbocycles. The number of benzene rings is 2. The van der Waals surface area contributed by atoms with E-state index in [0.29, 0.717) is 34.8 Å². The Hall–Kier alpha value is -2.99. The SMILES string of the molecule is CC(C)OC(=O)CCCc1cccc(NC(=O)c2cc3cc(Cl)ccc3[nH]2)c1O. The lowest BCUT2D eigenvalue weighted by molar-refractivity contribution is -0.147. The van der Waals surface area contributed by atoms with Gasteiger partial charge in [0.05, 0.1) is 11.8 Å². The number of para-hydroxylation sites is 1. The van der Waals surface area contributed by atoms with Crippen LogP contribution >= 0.6 is 11.6 Å². The molecule has 1 aromatic heterocycles. The van der Waals surface area contributed by atoms with Crippen molar-refractivity contribution < 1.29 is 19.4 Å². The van der Waals surface area contributed by atoms with Crippen molar-refractivity contribution in [2.75, 3.05) is 5.32 Å². The summed E-state index contributed by atoms with van der Waals surface area (Å²) in [6.45, 7) is 3.61. The van der Waals surface area contributed by atoms with Gasteiger partial charge in [0, 0.05) is 22.3 Å². The number of fused-ring (bicyclic) bond motifs is 1. The van der Waals surface area contributed by atoms with E-state index < -0.39 is 0 Å². The van der Waals surface area contributed by atoms with Crippen LogP contribution in [0.15, 0.2) is 42.5 Å². The van der Waals surface area contributed by atoms with Crippen molar-refractivity contribution in [3.05, 3.63) is 58.7 Å². The molecular formula is C22H23ClN2O4. The van der Waals surface area contributed by atoms with E-state index in [4.69, 9.17) is 16.3 Å². The number of esters is 1. The molecule has 0 saturated heterocycles. The highest BCUT2D eigenvalue weighted by Crippen LogP contribution is 2.29. The Kier molecular flexibility index (Phi) is 6.44. The summed E-state index contributed by atoms with van der Waals surface area (Å²) >= 11 is 5.98. The van der Waals surface area contributed by atoms with Crippen LogP contribution in [0.3, 0.4) is 0 Å². The predicted molar refractivity (Wildman–Crippen MR) is 114 cm³/mol. The van der Waals surface area contributed by atoms with Crippen LogP contribution in [0.4, 0.5) is 5.69 Å². The number of anilines is 1. The monoisotopic (exact) mass is 414 g/mol. The summed E-state index contributed by atoms with van der Waals surface area (Å²) < 4.78 is 5.11. The number of hydrogen-bond donors (Lipinski definition) is 3. The minimum Gasteiger partial charge on any atom is -0.505 e. The molecule has 6 nitrogen and oxygen atoms in total. The van der Waals surface area contributed by atoms with Gasteiger partial charge in [-0.1, -0.05) is 23.7 Å². The van der Waals surface area contributed by atoms with Gasteiger partial charge in [0.1, 0.15) is 11.4 Å². The standard InChI is InChI=1S/C22H23ClN2O4/c1-13(2)29-20(26)8-4-6-14-5-3-7-18(21(14)27)25-22(28)19-12-15-11-16(23)9-10-17(15)24-19/h3,5,7,9-13,24,27H,4,6,8H2,1-2H3,(H,25,28). The van der Waals surface area contributed by atoms with Crippen LogP contribution in [-0.2, 0) is 16.0 Å². The van der Waals surface area contributed by atoms with Gasteiger partial charge in [0.25, 0.3) is 5.91 Å². The molecule has 3 N–H and O–H groups in total. The molecule has 0 spiro atoms. The van der Waals surface area contributed by atoms with Crippen LogP contribution < -0.4 is 5.32 Å². The molecule has 0 fully saturated rings. The quantitative estimate of drug-likeness (QED) is 0.372. The van der Waals surface area contributed by atoms with E-state index >= 15 is 0 Å². The molecule has 3 rings (SSSR count). The van der Waals surface area contributed by atoms with Gasteiger partial charge in [-0.2, -0.15) is 0 Å². The number of aryl methyl sites for hydroxylation is 1. The molecule has 152 valence electrons. The minimum atomic E-state index is -0.370. The highest BCUT2D eigenvalue weighted by molar-refractivity contribution is 6.31. The van der Waals surface area contributed by atoms with Gasteiger partial charge in [0.15, 0.2) is 0 Å². The first kappa shape index (κ1) is 20.7. The zero-order valence-electron chi connectivity index (χ0n) is 16.3. The maximum absolute atomic E-state index is 12.6. The number of phenols is 1. The minimum absolute atomic E-state index is 0.00256. The van der Waals surface area contributed by atoms with E-state index in [-0.39, 0.29) is 30.2 Å². The molecule has 0 aliphatic heterocycles. The number of H-pyrrole nitrogens is 1. The maximum Gasteiger partial charge on any atom is 0.306 e. The Morgan fingerprint density at radius 3 is 2.76 bits per heavy atom. The molecule has 0 bridgehead atoms. The zero-order valence-corrected chi connectivity index (χ0v) is 17.0. The van der Waals surface area contributed by atoms with Crippen LogP contribution in [0.25, 0.3) is 10.9 Å². The first-order chi connectivity index (χ1) is 13.8. The molecular weight excluding hydrogens is 392 g/mol. The number of amides is 1. The third kappa shape index (κ3) is 5.29. The largest absolute Gasteiger partial charge is 0.505 e. The van der Waals surface area contributed by atoms with Gasteiger partial charge < -0.3 is 20.1 Å². The van der Waals surface area contributed by atoms with Crippen molar-refractivity contribution in [1.82, 2.24) is 4.98 Å². The summed E-state index contributed by atoms with van der Waals surface area (Å²) in [5.74, 6) is -0.634. The summed E-state index contributed by atoms with van der Waals surface area (Å²) in [5, 5.41) is 14.7. The molecule has 3 aromatic rings. The summed E-state index contributed by atoms with van der Waals surface area (Å²) in [5.41, 5.74) is 2.13. The molecule has 0 radical (unpaired) electrons. The van der Waals surface area contributed by atoms with Crippen molar-refractivity contribution in [2.45, 2.75) is 39.2 Å². The first-order valence-corrected chi connectivity index (χ1v) is 9.81. The third-order valence-electron chi connectivity index (χ3n) is 4.39. The van der Waals surface area contributed by atoms with E-state index in [9.17, 15) is 14.7 Å². The summed E-state index contributed by atoms with van der Waals surface area (Å²) in [6.07, 6.45) is 1.16. The van der Waals surface area contributed by atoms with E-state index in [1.807, 2.05) is 0 Å². The molecule has 0 aliphatic rings. The topological polar surface area (TPSA) is 91.4 Å². The highest BCUT2D eigenvalue weighted by Gasteiger charge is 2.14. The number of nitrogens with one attached hydrogen (secondary N) is 2. The Labute approximate surface area is 173 Å². The van der Waals surface area contributed by atoms with Crippen molar-refractivity contribution in [1.29, 1.82) is 0 Å². The number of aromatic nitrogens is 1. The second-order valence-corrected chi connectivity index (χ2v) is 7.51. The van der Waals surface area contributed by atoms with Gasteiger partial charge in [-0.15, -0.1) is 0 Å². The van der Waals surface area contributed by atoms with E-state index in [1.165, 1.54) is 0 Å². The molecule has 0 saturated carbocycles. The van der Waals surface area contributed by atoms with Crippen molar-refractivity contribution in [3.63, 3.8) is 0 Å². The number of phenolic OH excluding ortho intramolecular Hbond substituents is 1. The zero-order chi connectivity index (χ0) is 21.0. The number of rotatable bonds is 7. The third-order valence-corrected chi connectivity index (χ3v) is 4.62. The highest BCUT2D eigenvalue weighted by atomic mass is 35.5. The van der Waals surface area contributed by atoms with Gasteiger partial charge in [-0.25, -0.2) is 0 Å². The molecule has 29 heavy (non-hydrogen) atoms. The van der Waals surface area contributed by atoms with E-state index in [0.717, 1.165) is 10.9 Å². The number of aromatic amines is 1. The lowest BCUT2D eigenvalue weighted by atomic mass is 10.1. The second kappa shape index (κ2) is 9.01. The Bertz CT molecular complexity index is 1040. The smallest absolute Gasteiger partial charge is 0.306 e. The Morgan fingerprint density at radius 1 is 1.21 bits per heavy atom. The average Bonchev–Trinajstić information content (AvgIpc) is 3.07. The molecule has 1 heterocycles. The van der Waals surface area contributed by atoms with E-state index in [1.54, 1.807) is 56.3 Å². The molecule has 1 amide bonds. The number of ether oxygens (including phenoxy) is 1. The second-order valence-electron chi connectivity index (χ2n) is 7.07. The van der Waals surface area contributed by atoms with E-state index in [2.05, 4.69) is 10.3 Å². The van der Waals surface area contributed by atoms with Gasteiger partial charge in [-0.05, 0) is 62.6 Å². The number of aromatic hydroxyl groups is 1. The summed E-state index contributed by atoms with van der Waals surface area (Å²) in [6, 6.07) is 12.2. The molecule has 0 atom stereocenters.